The highest BCUT2D eigenvalue weighted by Gasteiger charge is 2.52. The third kappa shape index (κ3) is 3.41. The number of fused-ring (bicyclic) bond motifs is 1. The van der Waals surface area contributed by atoms with E-state index < -0.39 is 16.1 Å². The number of carbonyl (C=O) groups is 2. The number of amides is 2. The van der Waals surface area contributed by atoms with Crippen molar-refractivity contribution in [3.05, 3.63) is 18.2 Å². The van der Waals surface area contributed by atoms with E-state index in [2.05, 4.69) is 5.32 Å². The van der Waals surface area contributed by atoms with Crippen LogP contribution in [0.1, 0.15) is 19.8 Å². The van der Waals surface area contributed by atoms with Gasteiger partial charge in [0.2, 0.25) is 21.8 Å². The first-order valence-corrected chi connectivity index (χ1v) is 10.9. The van der Waals surface area contributed by atoms with Gasteiger partial charge >= 0.3 is 0 Å². The summed E-state index contributed by atoms with van der Waals surface area (Å²) in [5.41, 5.74) is 0.260. The van der Waals surface area contributed by atoms with Gasteiger partial charge in [-0.1, -0.05) is 0 Å². The largest absolute Gasteiger partial charge is 0.495 e. The average Bonchev–Trinajstić information content (AvgIpc) is 3.11. The van der Waals surface area contributed by atoms with Crippen LogP contribution < -0.4 is 10.1 Å². The van der Waals surface area contributed by atoms with Gasteiger partial charge in [0.05, 0.1) is 22.6 Å². The van der Waals surface area contributed by atoms with Crippen LogP contribution in [-0.4, -0.2) is 67.3 Å². The number of rotatable bonds is 5. The van der Waals surface area contributed by atoms with Crippen LogP contribution in [0.5, 0.6) is 5.75 Å². The molecule has 1 aromatic rings. The molecule has 1 aromatic carbocycles. The van der Waals surface area contributed by atoms with Gasteiger partial charge in [-0.05, 0) is 31.5 Å². The maximum Gasteiger partial charge on any atom is 0.248 e. The molecule has 0 spiro atoms. The van der Waals surface area contributed by atoms with Crippen molar-refractivity contribution in [2.45, 2.75) is 35.6 Å². The SMILES string of the molecule is COc1ccc(S(=O)(=O)N(C)C)cc1NC(=O)[C@@H]1CS[C@]2(C)CCC(=O)N12. The fourth-order valence-electron chi connectivity index (χ4n) is 3.39. The lowest BCUT2D eigenvalue weighted by molar-refractivity contribution is -0.135. The molecule has 148 valence electrons. The molecule has 2 saturated heterocycles. The molecular weight excluding hydrogens is 390 g/mol. The zero-order chi connectivity index (χ0) is 20.0. The van der Waals surface area contributed by atoms with E-state index in [1.54, 1.807) is 16.7 Å². The lowest BCUT2D eigenvalue weighted by Gasteiger charge is -2.30. The summed E-state index contributed by atoms with van der Waals surface area (Å²) in [4.78, 5) is 26.5. The highest BCUT2D eigenvalue weighted by Crippen LogP contribution is 2.47. The molecule has 1 N–H and O–H groups in total. The number of methoxy groups -OCH3 is 1. The maximum atomic E-state index is 12.9. The molecule has 10 heteroatoms. The number of nitrogens with one attached hydrogen (secondary N) is 1. The van der Waals surface area contributed by atoms with Gasteiger partial charge in [-0.3, -0.25) is 9.59 Å². The number of nitrogens with zero attached hydrogens (tertiary/aromatic N) is 2. The summed E-state index contributed by atoms with van der Waals surface area (Å²) in [6, 6.07) is 3.71. The van der Waals surface area contributed by atoms with Crippen molar-refractivity contribution in [2.75, 3.05) is 32.3 Å². The maximum absolute atomic E-state index is 12.9. The quantitative estimate of drug-likeness (QED) is 0.783. The van der Waals surface area contributed by atoms with Crippen molar-refractivity contribution in [2.24, 2.45) is 0 Å². The van der Waals surface area contributed by atoms with Crippen LogP contribution >= 0.6 is 11.8 Å². The minimum absolute atomic E-state index is 0.0291. The highest BCUT2D eigenvalue weighted by atomic mass is 32.2. The van der Waals surface area contributed by atoms with E-state index in [9.17, 15) is 18.0 Å². The van der Waals surface area contributed by atoms with Crippen LogP contribution in [0.15, 0.2) is 23.1 Å². The summed E-state index contributed by atoms with van der Waals surface area (Å²) in [5, 5.41) is 2.75. The molecule has 2 amide bonds. The molecule has 2 atom stereocenters. The van der Waals surface area contributed by atoms with Crippen LogP contribution in [0, 0.1) is 0 Å². The Morgan fingerprint density at radius 1 is 1.41 bits per heavy atom. The normalized spacial score (nSPS) is 25.0. The van der Waals surface area contributed by atoms with E-state index in [4.69, 9.17) is 4.74 Å². The Hall–Kier alpha value is -1.78. The van der Waals surface area contributed by atoms with E-state index in [0.717, 1.165) is 10.7 Å². The van der Waals surface area contributed by atoms with Crippen LogP contribution in [0.2, 0.25) is 0 Å². The first-order valence-electron chi connectivity index (χ1n) is 8.48. The molecule has 0 saturated carbocycles. The van der Waals surface area contributed by atoms with Crippen molar-refractivity contribution in [1.82, 2.24) is 9.21 Å². The predicted octanol–water partition coefficient (Wildman–Crippen LogP) is 1.34. The first kappa shape index (κ1) is 20.0. The monoisotopic (exact) mass is 413 g/mol. The van der Waals surface area contributed by atoms with E-state index in [0.29, 0.717) is 17.9 Å². The smallest absolute Gasteiger partial charge is 0.248 e. The van der Waals surface area contributed by atoms with Crippen molar-refractivity contribution >= 4 is 39.3 Å². The van der Waals surface area contributed by atoms with E-state index in [1.165, 1.54) is 39.4 Å². The Morgan fingerprint density at radius 2 is 2.11 bits per heavy atom. The summed E-state index contributed by atoms with van der Waals surface area (Å²) in [6.45, 7) is 1.97. The lowest BCUT2D eigenvalue weighted by atomic mass is 10.2. The van der Waals surface area contributed by atoms with Gasteiger partial charge in [-0.15, -0.1) is 11.8 Å². The molecule has 2 fully saturated rings. The summed E-state index contributed by atoms with van der Waals surface area (Å²) in [7, 11) is 0.664. The van der Waals surface area contributed by atoms with E-state index in [1.807, 2.05) is 6.92 Å². The van der Waals surface area contributed by atoms with Crippen molar-refractivity contribution < 1.29 is 22.7 Å². The van der Waals surface area contributed by atoms with Gasteiger partial charge in [0.15, 0.2) is 0 Å². The number of hydrogen-bond acceptors (Lipinski definition) is 6. The molecule has 2 heterocycles. The molecule has 2 aliphatic rings. The fourth-order valence-corrected chi connectivity index (χ4v) is 5.75. The number of benzene rings is 1. The van der Waals surface area contributed by atoms with Gasteiger partial charge in [-0.25, -0.2) is 12.7 Å². The molecule has 8 nitrogen and oxygen atoms in total. The van der Waals surface area contributed by atoms with Gasteiger partial charge < -0.3 is 15.0 Å². The second-order valence-electron chi connectivity index (χ2n) is 6.90. The summed E-state index contributed by atoms with van der Waals surface area (Å²) in [6.07, 6.45) is 1.16. The average molecular weight is 414 g/mol. The lowest BCUT2D eigenvalue weighted by Crippen LogP contribution is -2.48. The molecule has 0 aromatic heterocycles. The molecule has 0 aliphatic carbocycles. The molecular formula is C17H23N3O5S2. The molecule has 0 unspecified atom stereocenters. The molecule has 3 rings (SSSR count). The van der Waals surface area contributed by atoms with Gasteiger partial charge in [0.25, 0.3) is 0 Å². The first-order chi connectivity index (χ1) is 12.6. The van der Waals surface area contributed by atoms with E-state index in [-0.39, 0.29) is 27.3 Å². The standard InChI is InChI=1S/C17H23N3O5S2/c1-17-8-7-15(21)20(17)13(10-26-17)16(22)18-12-9-11(5-6-14(12)25-4)27(23,24)19(2)3/h5-6,9,13H,7-8,10H2,1-4H3,(H,18,22)/t13-,17+/m0/s1. The zero-order valence-corrected chi connectivity index (χ0v) is 17.3. The van der Waals surface area contributed by atoms with E-state index >= 15 is 0 Å². The predicted molar refractivity (Wildman–Crippen MR) is 103 cm³/mol. The number of carbonyl (C=O) groups excluding carboxylic acids is 2. The Bertz CT molecular complexity index is 887. The van der Waals surface area contributed by atoms with Crippen LogP contribution in [-0.2, 0) is 19.6 Å². The van der Waals surface area contributed by atoms with Gasteiger partial charge in [0.1, 0.15) is 11.8 Å². The second kappa shape index (κ2) is 6.99. The molecule has 0 radical (unpaired) electrons. The topological polar surface area (TPSA) is 96.0 Å². The number of sulfonamides is 1. The highest BCUT2D eigenvalue weighted by molar-refractivity contribution is 8.01. The number of ether oxygens (including phenoxy) is 1. The minimum atomic E-state index is -3.65. The minimum Gasteiger partial charge on any atom is -0.495 e. The number of thioether (sulfide) groups is 1. The Morgan fingerprint density at radius 3 is 2.74 bits per heavy atom. The zero-order valence-electron chi connectivity index (χ0n) is 15.7. The third-order valence-corrected chi connectivity index (χ3v) is 8.27. The Labute approximate surface area is 163 Å². The fraction of sp³-hybridized carbons (Fsp3) is 0.529. The van der Waals surface area contributed by atoms with Crippen LogP contribution in [0.3, 0.4) is 0 Å². The third-order valence-electron chi connectivity index (χ3n) is 4.95. The summed E-state index contributed by atoms with van der Waals surface area (Å²) < 4.78 is 31.1. The van der Waals surface area contributed by atoms with Gasteiger partial charge in [-0.2, -0.15) is 0 Å². The van der Waals surface area contributed by atoms with Crippen LogP contribution in [0.4, 0.5) is 5.69 Å². The molecule has 2 aliphatic heterocycles. The second-order valence-corrected chi connectivity index (χ2v) is 10.6. The number of anilines is 1. The van der Waals surface area contributed by atoms with Gasteiger partial charge in [0, 0.05) is 26.3 Å². The Balaban J connectivity index is 1.89. The summed E-state index contributed by atoms with van der Waals surface area (Å²) in [5.74, 6) is 0.478. The van der Waals surface area contributed by atoms with Crippen molar-refractivity contribution in [3.8, 4) is 5.75 Å². The molecule has 27 heavy (non-hydrogen) atoms. The summed E-state index contributed by atoms with van der Waals surface area (Å²) >= 11 is 1.60. The van der Waals surface area contributed by atoms with Crippen LogP contribution in [0.25, 0.3) is 0 Å². The van der Waals surface area contributed by atoms with Crippen molar-refractivity contribution in [3.63, 3.8) is 0 Å². The molecule has 0 bridgehead atoms. The number of hydrogen-bond donors (Lipinski definition) is 1. The van der Waals surface area contributed by atoms with Crippen molar-refractivity contribution in [1.29, 1.82) is 0 Å². The Kier molecular flexibility index (Phi) is 5.17.